The van der Waals surface area contributed by atoms with Crippen molar-refractivity contribution in [2.45, 2.75) is 18.9 Å². The van der Waals surface area contributed by atoms with E-state index in [9.17, 15) is 5.11 Å². The number of nitrogens with two attached hydrogens (primary N) is 1. The number of hydrogen-bond donors (Lipinski definition) is 2. The van der Waals surface area contributed by atoms with E-state index < -0.39 is 0 Å². The molecule has 0 saturated heterocycles. The summed E-state index contributed by atoms with van der Waals surface area (Å²) in [6, 6.07) is 7.06. The average molecular weight is 214 g/mol. The Labute approximate surface area is 90.9 Å². The van der Waals surface area contributed by atoms with Crippen LogP contribution in [0, 0.1) is 0 Å². The lowest BCUT2D eigenvalue weighted by Crippen LogP contribution is -2.09. The Morgan fingerprint density at radius 1 is 1.50 bits per heavy atom. The third-order valence-corrected chi connectivity index (χ3v) is 1.98. The van der Waals surface area contributed by atoms with Gasteiger partial charge in [-0.1, -0.05) is 18.2 Å². The standard InChI is InChI=1S/C11H15NO.ClH/c1-2-3-7-11(12)9-5-4-6-10(13)8-9;/h2,4-6,8,11,13H,1,3,7,12H2;1H/t11-;/m0./s1. The van der Waals surface area contributed by atoms with Crippen LogP contribution in [0.1, 0.15) is 24.4 Å². The fourth-order valence-corrected chi connectivity index (χ4v) is 1.22. The van der Waals surface area contributed by atoms with Crippen molar-refractivity contribution in [3.05, 3.63) is 42.5 Å². The van der Waals surface area contributed by atoms with E-state index in [1.165, 1.54) is 0 Å². The van der Waals surface area contributed by atoms with Crippen molar-refractivity contribution in [2.24, 2.45) is 5.73 Å². The van der Waals surface area contributed by atoms with Gasteiger partial charge in [-0.2, -0.15) is 0 Å². The van der Waals surface area contributed by atoms with Crippen LogP contribution in [0.4, 0.5) is 0 Å². The molecule has 1 rings (SSSR count). The number of allylic oxidation sites excluding steroid dienone is 1. The second kappa shape index (κ2) is 6.46. The van der Waals surface area contributed by atoms with Gasteiger partial charge in [-0.05, 0) is 30.5 Å². The highest BCUT2D eigenvalue weighted by molar-refractivity contribution is 5.85. The van der Waals surface area contributed by atoms with Gasteiger partial charge in [0.15, 0.2) is 0 Å². The van der Waals surface area contributed by atoms with Crippen LogP contribution in [0.25, 0.3) is 0 Å². The maximum Gasteiger partial charge on any atom is 0.115 e. The second-order valence-electron chi connectivity index (χ2n) is 3.07. The Morgan fingerprint density at radius 2 is 2.21 bits per heavy atom. The van der Waals surface area contributed by atoms with Gasteiger partial charge in [-0.3, -0.25) is 0 Å². The molecule has 0 bridgehead atoms. The van der Waals surface area contributed by atoms with E-state index in [1.54, 1.807) is 18.2 Å². The van der Waals surface area contributed by atoms with Crippen molar-refractivity contribution >= 4 is 12.4 Å². The molecule has 1 aromatic rings. The van der Waals surface area contributed by atoms with E-state index in [2.05, 4.69) is 6.58 Å². The van der Waals surface area contributed by atoms with Crippen LogP contribution in [-0.4, -0.2) is 5.11 Å². The molecule has 0 fully saturated rings. The highest BCUT2D eigenvalue weighted by Crippen LogP contribution is 2.19. The van der Waals surface area contributed by atoms with Gasteiger partial charge in [-0.25, -0.2) is 0 Å². The molecule has 0 aliphatic rings. The number of halogens is 1. The van der Waals surface area contributed by atoms with Crippen molar-refractivity contribution < 1.29 is 5.11 Å². The number of phenolic OH excluding ortho intramolecular Hbond substituents is 1. The van der Waals surface area contributed by atoms with Crippen LogP contribution in [0.2, 0.25) is 0 Å². The van der Waals surface area contributed by atoms with Gasteiger partial charge in [0, 0.05) is 6.04 Å². The molecular formula is C11H16ClNO. The summed E-state index contributed by atoms with van der Waals surface area (Å²) >= 11 is 0. The lowest BCUT2D eigenvalue weighted by atomic mass is 10.0. The smallest absolute Gasteiger partial charge is 0.115 e. The number of aromatic hydroxyl groups is 1. The Bertz CT molecular complexity index is 288. The number of phenols is 1. The topological polar surface area (TPSA) is 46.2 Å². The first kappa shape index (κ1) is 13.0. The Balaban J connectivity index is 0.00000169. The van der Waals surface area contributed by atoms with Crippen molar-refractivity contribution in [3.8, 4) is 5.75 Å². The summed E-state index contributed by atoms with van der Waals surface area (Å²) in [5.74, 6) is 0.270. The molecule has 1 aromatic carbocycles. The summed E-state index contributed by atoms with van der Waals surface area (Å²) in [7, 11) is 0. The summed E-state index contributed by atoms with van der Waals surface area (Å²) < 4.78 is 0. The molecule has 2 nitrogen and oxygen atoms in total. The van der Waals surface area contributed by atoms with Gasteiger partial charge in [0.1, 0.15) is 5.75 Å². The fraction of sp³-hybridized carbons (Fsp3) is 0.273. The molecule has 0 aromatic heterocycles. The lowest BCUT2D eigenvalue weighted by Gasteiger charge is -2.10. The summed E-state index contributed by atoms with van der Waals surface area (Å²) in [6.07, 6.45) is 3.62. The minimum absolute atomic E-state index is 0. The van der Waals surface area contributed by atoms with Gasteiger partial charge in [0.05, 0.1) is 0 Å². The zero-order chi connectivity index (χ0) is 9.68. The van der Waals surface area contributed by atoms with Crippen LogP contribution >= 0.6 is 12.4 Å². The zero-order valence-electron chi connectivity index (χ0n) is 8.02. The molecule has 0 amide bonds. The molecule has 0 saturated carbocycles. The minimum Gasteiger partial charge on any atom is -0.508 e. The molecular weight excluding hydrogens is 198 g/mol. The molecule has 14 heavy (non-hydrogen) atoms. The number of benzene rings is 1. The van der Waals surface area contributed by atoms with Crippen molar-refractivity contribution in [3.63, 3.8) is 0 Å². The van der Waals surface area contributed by atoms with Crippen LogP contribution in [0.15, 0.2) is 36.9 Å². The molecule has 0 heterocycles. The summed E-state index contributed by atoms with van der Waals surface area (Å²) in [5.41, 5.74) is 6.86. The van der Waals surface area contributed by atoms with Crippen LogP contribution in [0.3, 0.4) is 0 Å². The van der Waals surface area contributed by atoms with E-state index in [0.29, 0.717) is 0 Å². The third-order valence-electron chi connectivity index (χ3n) is 1.98. The van der Waals surface area contributed by atoms with Crippen molar-refractivity contribution in [2.75, 3.05) is 0 Å². The van der Waals surface area contributed by atoms with E-state index in [0.717, 1.165) is 18.4 Å². The minimum atomic E-state index is -0.00917. The first-order valence-electron chi connectivity index (χ1n) is 4.39. The summed E-state index contributed by atoms with van der Waals surface area (Å²) in [6.45, 7) is 3.64. The van der Waals surface area contributed by atoms with Gasteiger partial charge in [-0.15, -0.1) is 19.0 Å². The highest BCUT2D eigenvalue weighted by Gasteiger charge is 2.04. The van der Waals surface area contributed by atoms with Crippen molar-refractivity contribution in [1.82, 2.24) is 0 Å². The van der Waals surface area contributed by atoms with E-state index in [4.69, 9.17) is 5.73 Å². The number of hydrogen-bond acceptors (Lipinski definition) is 2. The quantitative estimate of drug-likeness (QED) is 0.756. The SMILES string of the molecule is C=CCC[C@H](N)c1cccc(O)c1.Cl. The van der Waals surface area contributed by atoms with E-state index in [-0.39, 0.29) is 24.2 Å². The Kier molecular flexibility index (Phi) is 6.00. The molecule has 3 N–H and O–H groups in total. The predicted molar refractivity (Wildman–Crippen MR) is 61.7 cm³/mol. The molecule has 0 radical (unpaired) electrons. The van der Waals surface area contributed by atoms with Crippen LogP contribution in [-0.2, 0) is 0 Å². The summed E-state index contributed by atoms with van der Waals surface area (Å²) in [5, 5.41) is 9.21. The highest BCUT2D eigenvalue weighted by atomic mass is 35.5. The lowest BCUT2D eigenvalue weighted by molar-refractivity contribution is 0.473. The molecule has 0 spiro atoms. The predicted octanol–water partition coefficient (Wildman–Crippen LogP) is 2.78. The number of rotatable bonds is 4. The van der Waals surface area contributed by atoms with Crippen molar-refractivity contribution in [1.29, 1.82) is 0 Å². The van der Waals surface area contributed by atoms with Gasteiger partial charge in [0.2, 0.25) is 0 Å². The van der Waals surface area contributed by atoms with Gasteiger partial charge >= 0.3 is 0 Å². The largest absolute Gasteiger partial charge is 0.508 e. The van der Waals surface area contributed by atoms with Crippen LogP contribution < -0.4 is 5.73 Å². The third kappa shape index (κ3) is 3.81. The maximum atomic E-state index is 9.21. The van der Waals surface area contributed by atoms with Crippen LogP contribution in [0.5, 0.6) is 5.75 Å². The average Bonchev–Trinajstić information content (AvgIpc) is 2.14. The maximum absolute atomic E-state index is 9.21. The zero-order valence-corrected chi connectivity index (χ0v) is 8.83. The molecule has 0 aliphatic carbocycles. The normalized spacial score (nSPS) is 11.5. The van der Waals surface area contributed by atoms with E-state index in [1.807, 2.05) is 12.1 Å². The summed E-state index contributed by atoms with van der Waals surface area (Å²) in [4.78, 5) is 0. The van der Waals surface area contributed by atoms with Gasteiger partial charge in [0.25, 0.3) is 0 Å². The molecule has 3 heteroatoms. The Hall–Kier alpha value is -0.990. The van der Waals surface area contributed by atoms with Gasteiger partial charge < -0.3 is 10.8 Å². The van der Waals surface area contributed by atoms with E-state index >= 15 is 0 Å². The Morgan fingerprint density at radius 3 is 2.79 bits per heavy atom. The first-order chi connectivity index (χ1) is 6.24. The second-order valence-corrected chi connectivity index (χ2v) is 3.07. The monoisotopic (exact) mass is 213 g/mol. The first-order valence-corrected chi connectivity index (χ1v) is 4.39. The molecule has 0 aliphatic heterocycles. The fourth-order valence-electron chi connectivity index (χ4n) is 1.22. The molecule has 0 unspecified atom stereocenters. The molecule has 78 valence electrons. The molecule has 1 atom stereocenters.